The summed E-state index contributed by atoms with van der Waals surface area (Å²) >= 11 is 1.49. The molecule has 110 valence electrons. The molecular weight excluding hydrogens is 274 g/mol. The van der Waals surface area contributed by atoms with Gasteiger partial charge in [-0.3, -0.25) is 4.90 Å². The number of fused-ring (bicyclic) bond motifs is 1. The number of rotatable bonds is 5. The van der Waals surface area contributed by atoms with Gasteiger partial charge in [-0.15, -0.1) is 11.3 Å². The summed E-state index contributed by atoms with van der Waals surface area (Å²) in [6.45, 7) is 6.46. The van der Waals surface area contributed by atoms with E-state index in [0.717, 1.165) is 30.0 Å². The maximum Gasteiger partial charge on any atom is 0.104 e. The van der Waals surface area contributed by atoms with Crippen LogP contribution in [0.15, 0.2) is 0 Å². The number of aliphatic hydroxyl groups is 1. The Morgan fingerprint density at radius 2 is 2.30 bits per heavy atom. The molecule has 0 saturated carbocycles. The number of aliphatic hydroxyl groups excluding tert-OH is 1. The van der Waals surface area contributed by atoms with Crippen molar-refractivity contribution in [3.8, 4) is 6.07 Å². The molecule has 0 spiro atoms. The summed E-state index contributed by atoms with van der Waals surface area (Å²) in [5.74, 6) is 0. The molecule has 5 nitrogen and oxygen atoms in total. The monoisotopic (exact) mass is 295 g/mol. The van der Waals surface area contributed by atoms with Gasteiger partial charge < -0.3 is 15.6 Å². The number of hydrogen-bond donors (Lipinski definition) is 2. The van der Waals surface area contributed by atoms with E-state index >= 15 is 0 Å². The fourth-order valence-corrected chi connectivity index (χ4v) is 3.52. The highest BCUT2D eigenvalue weighted by atomic mass is 32.1. The number of thiophene rings is 1. The third-order valence-electron chi connectivity index (χ3n) is 3.37. The Hall–Kier alpha value is -1.13. The van der Waals surface area contributed by atoms with Gasteiger partial charge in [0.1, 0.15) is 11.1 Å². The van der Waals surface area contributed by atoms with Crippen LogP contribution < -0.4 is 5.73 Å². The summed E-state index contributed by atoms with van der Waals surface area (Å²) in [6.07, 6.45) is 0.475. The molecule has 1 aromatic heterocycles. The van der Waals surface area contributed by atoms with Gasteiger partial charge in [0.05, 0.1) is 24.4 Å². The lowest BCUT2D eigenvalue weighted by Gasteiger charge is -2.28. The molecule has 2 heterocycles. The topological polar surface area (TPSA) is 82.5 Å². The number of nitrogens with zero attached hydrogens (tertiary/aromatic N) is 2. The predicted molar refractivity (Wildman–Crippen MR) is 79.5 cm³/mol. The third-order valence-corrected chi connectivity index (χ3v) is 4.41. The first kappa shape index (κ1) is 15.3. The first-order valence-electron chi connectivity index (χ1n) is 6.83. The second kappa shape index (κ2) is 6.55. The Morgan fingerprint density at radius 3 is 2.95 bits per heavy atom. The number of nitrogens with two attached hydrogens (primary N) is 1. The molecule has 1 aliphatic heterocycles. The molecule has 1 atom stereocenters. The van der Waals surface area contributed by atoms with Crippen LogP contribution in [0.2, 0.25) is 0 Å². The largest absolute Gasteiger partial charge is 0.389 e. The van der Waals surface area contributed by atoms with Crippen LogP contribution in [-0.4, -0.2) is 41.9 Å². The van der Waals surface area contributed by atoms with Crippen molar-refractivity contribution >= 4 is 16.3 Å². The van der Waals surface area contributed by atoms with Gasteiger partial charge in [0.2, 0.25) is 0 Å². The SMILES string of the molecule is CC(C)OCC(O)CN1CCc2c(sc(N)c2C#N)C1. The molecule has 6 heteroatoms. The lowest BCUT2D eigenvalue weighted by molar-refractivity contribution is -0.00995. The van der Waals surface area contributed by atoms with Crippen LogP contribution in [0, 0.1) is 11.3 Å². The lowest BCUT2D eigenvalue weighted by atomic mass is 10.0. The second-order valence-electron chi connectivity index (χ2n) is 5.38. The maximum absolute atomic E-state index is 9.96. The fourth-order valence-electron chi connectivity index (χ4n) is 2.41. The van der Waals surface area contributed by atoms with Gasteiger partial charge >= 0.3 is 0 Å². The zero-order valence-corrected chi connectivity index (χ0v) is 12.7. The number of anilines is 1. The summed E-state index contributed by atoms with van der Waals surface area (Å²) in [7, 11) is 0. The van der Waals surface area contributed by atoms with Gasteiger partial charge in [-0.25, -0.2) is 0 Å². The number of nitrogen functional groups attached to an aromatic ring is 1. The van der Waals surface area contributed by atoms with E-state index in [0.29, 0.717) is 23.7 Å². The van der Waals surface area contributed by atoms with Crippen LogP contribution in [0.3, 0.4) is 0 Å². The number of ether oxygens (including phenoxy) is 1. The van der Waals surface area contributed by atoms with Gasteiger partial charge in [-0.05, 0) is 25.8 Å². The highest BCUT2D eigenvalue weighted by Gasteiger charge is 2.24. The molecule has 0 radical (unpaired) electrons. The molecule has 0 saturated heterocycles. The Balaban J connectivity index is 1.93. The molecule has 0 aromatic carbocycles. The van der Waals surface area contributed by atoms with Gasteiger partial charge in [0.25, 0.3) is 0 Å². The Kier molecular flexibility index (Phi) is 5.00. The summed E-state index contributed by atoms with van der Waals surface area (Å²) in [6, 6.07) is 2.19. The smallest absolute Gasteiger partial charge is 0.104 e. The summed E-state index contributed by atoms with van der Waals surface area (Å²) in [5, 5.41) is 19.7. The number of hydrogen-bond acceptors (Lipinski definition) is 6. The summed E-state index contributed by atoms with van der Waals surface area (Å²) in [5.41, 5.74) is 7.61. The molecule has 20 heavy (non-hydrogen) atoms. The van der Waals surface area contributed by atoms with Crippen molar-refractivity contribution < 1.29 is 9.84 Å². The van der Waals surface area contributed by atoms with Gasteiger partial charge in [-0.1, -0.05) is 0 Å². The average Bonchev–Trinajstić information content (AvgIpc) is 2.70. The maximum atomic E-state index is 9.96. The zero-order chi connectivity index (χ0) is 14.7. The van der Waals surface area contributed by atoms with E-state index in [1.165, 1.54) is 11.3 Å². The van der Waals surface area contributed by atoms with Crippen LogP contribution in [0.4, 0.5) is 5.00 Å². The highest BCUT2D eigenvalue weighted by Crippen LogP contribution is 2.34. The molecule has 0 amide bonds. The molecule has 2 rings (SSSR count). The predicted octanol–water partition coefficient (Wildman–Crippen LogP) is 1.35. The first-order valence-corrected chi connectivity index (χ1v) is 7.65. The Labute approximate surface area is 123 Å². The van der Waals surface area contributed by atoms with Crippen LogP contribution >= 0.6 is 11.3 Å². The second-order valence-corrected chi connectivity index (χ2v) is 6.51. The summed E-state index contributed by atoms with van der Waals surface area (Å²) in [4.78, 5) is 3.34. The lowest BCUT2D eigenvalue weighted by Crippen LogP contribution is -2.38. The normalized spacial score (nSPS) is 16.9. The molecule has 1 unspecified atom stereocenters. The average molecular weight is 295 g/mol. The molecule has 1 aromatic rings. The van der Waals surface area contributed by atoms with E-state index in [1.54, 1.807) is 0 Å². The van der Waals surface area contributed by atoms with Crippen molar-refractivity contribution in [2.24, 2.45) is 0 Å². The Morgan fingerprint density at radius 1 is 1.55 bits per heavy atom. The molecular formula is C14H21N3O2S. The van der Waals surface area contributed by atoms with E-state index in [4.69, 9.17) is 15.7 Å². The van der Waals surface area contributed by atoms with Crippen LogP contribution in [0.25, 0.3) is 0 Å². The van der Waals surface area contributed by atoms with Crippen molar-refractivity contribution in [1.29, 1.82) is 5.26 Å². The van der Waals surface area contributed by atoms with E-state index in [-0.39, 0.29) is 6.10 Å². The molecule has 0 fully saturated rings. The van der Waals surface area contributed by atoms with Crippen molar-refractivity contribution in [3.05, 3.63) is 16.0 Å². The quantitative estimate of drug-likeness (QED) is 0.856. The van der Waals surface area contributed by atoms with Crippen LogP contribution in [0.1, 0.15) is 29.9 Å². The van der Waals surface area contributed by atoms with E-state index in [1.807, 2.05) is 13.8 Å². The zero-order valence-electron chi connectivity index (χ0n) is 11.9. The van der Waals surface area contributed by atoms with Crippen LogP contribution in [-0.2, 0) is 17.7 Å². The fraction of sp³-hybridized carbons (Fsp3) is 0.643. The molecule has 1 aliphatic rings. The standard InChI is InChI=1S/C14H21N3O2S/c1-9(2)19-8-10(18)6-17-4-3-11-12(5-15)14(16)20-13(11)7-17/h9-10,18H,3-4,6-8,16H2,1-2H3. The first-order chi connectivity index (χ1) is 9.51. The third kappa shape index (κ3) is 3.49. The summed E-state index contributed by atoms with van der Waals surface area (Å²) < 4.78 is 5.42. The van der Waals surface area contributed by atoms with Gasteiger partial charge in [0.15, 0.2) is 0 Å². The van der Waals surface area contributed by atoms with E-state index in [9.17, 15) is 5.11 Å². The van der Waals surface area contributed by atoms with Crippen molar-refractivity contribution in [3.63, 3.8) is 0 Å². The highest BCUT2D eigenvalue weighted by molar-refractivity contribution is 7.16. The molecule has 0 bridgehead atoms. The van der Waals surface area contributed by atoms with Crippen molar-refractivity contribution in [2.75, 3.05) is 25.4 Å². The minimum Gasteiger partial charge on any atom is -0.389 e. The minimum absolute atomic E-state index is 0.132. The minimum atomic E-state index is -0.480. The van der Waals surface area contributed by atoms with E-state index in [2.05, 4.69) is 11.0 Å². The van der Waals surface area contributed by atoms with Crippen molar-refractivity contribution in [1.82, 2.24) is 4.90 Å². The van der Waals surface area contributed by atoms with Crippen molar-refractivity contribution in [2.45, 2.75) is 39.0 Å². The molecule has 0 aliphatic carbocycles. The Bertz CT molecular complexity index is 507. The molecule has 3 N–H and O–H groups in total. The number of β-amino-alcohol motifs (C(OH)–C–C–N with tert-alkyl or cyclic N) is 1. The number of nitriles is 1. The van der Waals surface area contributed by atoms with Gasteiger partial charge in [-0.2, -0.15) is 5.26 Å². The van der Waals surface area contributed by atoms with E-state index < -0.39 is 6.10 Å². The van der Waals surface area contributed by atoms with Gasteiger partial charge in [0, 0.05) is 24.5 Å². The van der Waals surface area contributed by atoms with Crippen LogP contribution in [0.5, 0.6) is 0 Å².